The van der Waals surface area contributed by atoms with Gasteiger partial charge in [0.2, 0.25) is 35.5 Å². The number of benzene rings is 1. The zero-order chi connectivity index (χ0) is 45.6. The number of rotatable bonds is 14. The fraction of sp³-hybridized carbons (Fsp3) is 0.130. The van der Waals surface area contributed by atoms with Crippen LogP contribution in [-0.2, 0) is 23.7 Å². The molecule has 8 heterocycles. The number of aromatic nitrogens is 12. The first kappa shape index (κ1) is 42.1. The molecule has 9 aromatic rings. The van der Waals surface area contributed by atoms with E-state index in [1.165, 1.54) is 12.2 Å². The maximum atomic E-state index is 11.7. The number of ether oxygens (including phenoxy) is 2. The molecule has 0 bridgehead atoms. The van der Waals surface area contributed by atoms with E-state index in [4.69, 9.17) is 9.47 Å². The van der Waals surface area contributed by atoms with Gasteiger partial charge in [-0.05, 0) is 42.5 Å². The maximum absolute atomic E-state index is 11.7. The zero-order valence-electron chi connectivity index (χ0n) is 35.6. The fourth-order valence-corrected chi connectivity index (χ4v) is 7.11. The Balaban J connectivity index is 0.000000166. The number of aromatic amines is 2. The summed E-state index contributed by atoms with van der Waals surface area (Å²) in [6.07, 6.45) is 19.7. The predicted octanol–water partition coefficient (Wildman–Crippen LogP) is 7.12. The number of carbonyl (C=O) groups excluding carboxylic acids is 2. The molecule has 1 fully saturated rings. The lowest BCUT2D eigenvalue weighted by Gasteiger charge is -2.35. The molecule has 0 spiro atoms. The summed E-state index contributed by atoms with van der Waals surface area (Å²) >= 11 is 0. The molecule has 20 nitrogen and oxygen atoms in total. The molecule has 10 rings (SSSR count). The molecule has 0 radical (unpaired) electrons. The number of pyridine rings is 2. The second-order valence-corrected chi connectivity index (χ2v) is 15.0. The summed E-state index contributed by atoms with van der Waals surface area (Å²) in [6, 6.07) is 16.6. The number of carbonyl (C=O) groups is 2. The second-order valence-electron chi connectivity index (χ2n) is 15.0. The summed E-state index contributed by atoms with van der Waals surface area (Å²) in [5.41, 5.74) is 6.70. The molecule has 1 aromatic carbocycles. The van der Waals surface area contributed by atoms with Gasteiger partial charge in [-0.1, -0.05) is 31.4 Å². The van der Waals surface area contributed by atoms with E-state index >= 15 is 0 Å². The van der Waals surface area contributed by atoms with Gasteiger partial charge in [0.25, 0.3) is 0 Å². The molecule has 1 aliphatic carbocycles. The summed E-state index contributed by atoms with van der Waals surface area (Å²) in [6.45, 7) is 6.97. The van der Waals surface area contributed by atoms with E-state index in [1.807, 2.05) is 69.2 Å². The average Bonchev–Trinajstić information content (AvgIpc) is 4.14. The van der Waals surface area contributed by atoms with Crippen LogP contribution in [0.25, 0.3) is 44.5 Å². The Morgan fingerprint density at radius 1 is 0.742 bits per heavy atom. The predicted molar refractivity (Wildman–Crippen MR) is 248 cm³/mol. The van der Waals surface area contributed by atoms with E-state index in [2.05, 4.69) is 84.5 Å². The first-order chi connectivity index (χ1) is 32.2. The smallest absolute Gasteiger partial charge is 0.247 e. The highest BCUT2D eigenvalue weighted by Crippen LogP contribution is 2.38. The first-order valence-corrected chi connectivity index (χ1v) is 20.6. The second kappa shape index (κ2) is 18.6. The van der Waals surface area contributed by atoms with Crippen LogP contribution in [0.1, 0.15) is 12.8 Å². The van der Waals surface area contributed by atoms with Gasteiger partial charge in [0, 0.05) is 105 Å². The van der Waals surface area contributed by atoms with Crippen molar-refractivity contribution in [3.8, 4) is 39.9 Å². The van der Waals surface area contributed by atoms with Crippen LogP contribution in [0.3, 0.4) is 0 Å². The molecule has 66 heavy (non-hydrogen) atoms. The van der Waals surface area contributed by atoms with Gasteiger partial charge in [0.05, 0.1) is 40.2 Å². The van der Waals surface area contributed by atoms with E-state index in [1.54, 1.807) is 64.6 Å². The molecular formula is C46H42N16O4. The molecule has 0 saturated heterocycles. The van der Waals surface area contributed by atoms with Gasteiger partial charge < -0.3 is 40.7 Å². The van der Waals surface area contributed by atoms with Crippen LogP contribution in [0.15, 0.2) is 136 Å². The molecule has 8 aromatic heterocycles. The van der Waals surface area contributed by atoms with Crippen molar-refractivity contribution >= 4 is 62.8 Å². The third kappa shape index (κ3) is 9.56. The van der Waals surface area contributed by atoms with Crippen molar-refractivity contribution in [3.63, 3.8) is 0 Å². The molecule has 1 aliphatic rings. The monoisotopic (exact) mass is 882 g/mol. The van der Waals surface area contributed by atoms with E-state index in [0.717, 1.165) is 39.1 Å². The van der Waals surface area contributed by atoms with Gasteiger partial charge in [-0.2, -0.15) is 30.1 Å². The molecule has 6 N–H and O–H groups in total. The molecule has 0 aliphatic heterocycles. The molecule has 20 heteroatoms. The van der Waals surface area contributed by atoms with E-state index in [0.29, 0.717) is 64.6 Å². The van der Waals surface area contributed by atoms with Gasteiger partial charge in [-0.25, -0.2) is 0 Å². The van der Waals surface area contributed by atoms with Crippen molar-refractivity contribution in [1.29, 1.82) is 0 Å². The SMILES string of the molecule is C=CC(=O)NC1CC(Oc2nc(Nc3cnn(C)c3)nc3[nH]cc(-c4ccccn4)c23)C1.C=CC(=O)Nc1cccc(Oc2nc(Nc3cnn(C)c3)nc3[nH]cc(-c4cccnc4)c23)c1. The van der Waals surface area contributed by atoms with Crippen LogP contribution >= 0.6 is 0 Å². The van der Waals surface area contributed by atoms with Gasteiger partial charge in [-0.3, -0.25) is 28.9 Å². The number of H-pyrrole nitrogens is 2. The number of amides is 2. The first-order valence-electron chi connectivity index (χ1n) is 20.6. The van der Waals surface area contributed by atoms with Gasteiger partial charge in [0.1, 0.15) is 23.1 Å². The Kier molecular flexibility index (Phi) is 11.9. The summed E-state index contributed by atoms with van der Waals surface area (Å²) in [7, 11) is 3.67. The van der Waals surface area contributed by atoms with Crippen molar-refractivity contribution in [3.05, 3.63) is 136 Å². The van der Waals surface area contributed by atoms with Crippen molar-refractivity contribution < 1.29 is 19.1 Å². The Labute approximate surface area is 376 Å². The number of hydrogen-bond acceptors (Lipinski definition) is 14. The normalized spacial score (nSPS) is 14.0. The summed E-state index contributed by atoms with van der Waals surface area (Å²) < 4.78 is 15.9. The Bertz CT molecular complexity index is 3190. The van der Waals surface area contributed by atoms with E-state index in [-0.39, 0.29) is 24.0 Å². The Morgan fingerprint density at radius 2 is 1.42 bits per heavy atom. The maximum Gasteiger partial charge on any atom is 0.247 e. The third-order valence-electron chi connectivity index (χ3n) is 10.2. The van der Waals surface area contributed by atoms with Crippen LogP contribution in [-0.4, -0.2) is 83.4 Å². The van der Waals surface area contributed by atoms with Crippen LogP contribution < -0.4 is 30.7 Å². The largest absolute Gasteiger partial charge is 0.474 e. The van der Waals surface area contributed by atoms with Gasteiger partial charge >= 0.3 is 0 Å². The van der Waals surface area contributed by atoms with Crippen LogP contribution in [0.4, 0.5) is 29.0 Å². The minimum Gasteiger partial charge on any atom is -0.474 e. The molecule has 0 atom stereocenters. The summed E-state index contributed by atoms with van der Waals surface area (Å²) in [4.78, 5) is 56.8. The molecule has 0 unspecified atom stereocenters. The lowest BCUT2D eigenvalue weighted by Crippen LogP contribution is -2.48. The number of nitrogens with zero attached hydrogens (tertiary/aromatic N) is 10. The summed E-state index contributed by atoms with van der Waals surface area (Å²) in [5, 5.41) is 21.7. The van der Waals surface area contributed by atoms with Crippen LogP contribution in [0.5, 0.6) is 17.5 Å². The Morgan fingerprint density at radius 3 is 2.05 bits per heavy atom. The minimum absolute atomic E-state index is 0.0669. The van der Waals surface area contributed by atoms with Crippen LogP contribution in [0, 0.1) is 0 Å². The minimum atomic E-state index is -0.311. The highest BCUT2D eigenvalue weighted by Gasteiger charge is 2.33. The number of nitrogens with one attached hydrogen (secondary N) is 6. The zero-order valence-corrected chi connectivity index (χ0v) is 35.6. The van der Waals surface area contributed by atoms with Crippen molar-refractivity contribution in [1.82, 2.24) is 64.7 Å². The van der Waals surface area contributed by atoms with Gasteiger partial charge in [0.15, 0.2) is 0 Å². The highest BCUT2D eigenvalue weighted by atomic mass is 16.5. The van der Waals surface area contributed by atoms with Gasteiger partial charge in [-0.15, -0.1) is 0 Å². The average molecular weight is 883 g/mol. The number of aryl methyl sites for hydroxylation is 2. The van der Waals surface area contributed by atoms with E-state index < -0.39 is 0 Å². The molecular weight excluding hydrogens is 841 g/mol. The standard InChI is InChI=1S/C24H20N8O2.C22H22N8O2/c1-3-20(33)28-16-7-4-8-18(10-16)34-23-21-19(15-6-5-9-25-11-15)13-26-22(21)30-24(31-23)29-17-12-27-32(2)14-17;1-3-18(31)26-13-8-15(9-13)32-21-19-16(17-6-4-5-7-23-17)11-24-20(19)28-22(29-21)27-14-10-25-30(2)12-14/h3-14H,1H2,2H3,(H,28,33)(H2,26,29,30,31);3-7,10-13,15H,1,8-9H2,2H3,(H,26,31)(H2,24,27,28,29). The molecule has 330 valence electrons. The topological polar surface area (TPSA) is 245 Å². The lowest BCUT2D eigenvalue weighted by molar-refractivity contribution is -0.118. The number of hydrogen-bond donors (Lipinski definition) is 6. The third-order valence-corrected chi connectivity index (χ3v) is 10.2. The quantitative estimate of drug-likeness (QED) is 0.0596. The van der Waals surface area contributed by atoms with E-state index in [9.17, 15) is 9.59 Å². The summed E-state index contributed by atoms with van der Waals surface area (Å²) in [5.74, 6) is 1.54. The fourth-order valence-electron chi connectivity index (χ4n) is 7.11. The number of fused-ring (bicyclic) bond motifs is 2. The van der Waals surface area contributed by atoms with Crippen molar-refractivity contribution in [2.45, 2.75) is 25.0 Å². The highest BCUT2D eigenvalue weighted by molar-refractivity contribution is 6.00. The van der Waals surface area contributed by atoms with Crippen molar-refractivity contribution in [2.75, 3.05) is 16.0 Å². The molecule has 1 saturated carbocycles. The van der Waals surface area contributed by atoms with Crippen molar-refractivity contribution in [2.24, 2.45) is 14.1 Å². The Hall–Kier alpha value is -9.20. The number of anilines is 5. The van der Waals surface area contributed by atoms with Crippen LogP contribution in [0.2, 0.25) is 0 Å². The lowest BCUT2D eigenvalue weighted by atomic mass is 9.89. The molecule has 2 amide bonds.